The summed E-state index contributed by atoms with van der Waals surface area (Å²) < 4.78 is 5.20. The summed E-state index contributed by atoms with van der Waals surface area (Å²) in [6.07, 6.45) is 3.59. The largest absolute Gasteiger partial charge is 0.384 e. The Morgan fingerprint density at radius 3 is 2.47 bits per heavy atom. The maximum absolute atomic E-state index is 6.07. The normalized spacial score (nSPS) is 24.0. The number of rotatable bonds is 5. The fourth-order valence-electron chi connectivity index (χ4n) is 2.37. The smallest absolute Gasteiger partial charge is 0.0491 e. The molecular weight excluding hydrogens is 188 g/mol. The van der Waals surface area contributed by atoms with Crippen molar-refractivity contribution in [3.8, 4) is 0 Å². The molecule has 0 aliphatic carbocycles. The Labute approximate surface area is 94.0 Å². The van der Waals surface area contributed by atoms with Crippen molar-refractivity contribution in [2.24, 2.45) is 11.7 Å². The summed E-state index contributed by atoms with van der Waals surface area (Å²) in [4.78, 5) is 2.53. The van der Waals surface area contributed by atoms with Crippen molar-refractivity contribution in [1.82, 2.24) is 4.90 Å². The van der Waals surface area contributed by atoms with Gasteiger partial charge in [-0.05, 0) is 45.2 Å². The molecule has 0 spiro atoms. The molecule has 1 rings (SSSR count). The van der Waals surface area contributed by atoms with E-state index < -0.39 is 0 Å². The second-order valence-electron chi connectivity index (χ2n) is 4.75. The number of nitrogens with two attached hydrogens (primary N) is 1. The Kier molecular flexibility index (Phi) is 5.58. The zero-order valence-corrected chi connectivity index (χ0v) is 10.4. The van der Waals surface area contributed by atoms with Crippen LogP contribution < -0.4 is 5.73 Å². The standard InChI is InChI=1S/C12H26N2O/c1-4-12(13)10(2)14-7-5-11(6-8-14)9-15-3/h10-12H,4-9,13H2,1-3H3. The summed E-state index contributed by atoms with van der Waals surface area (Å²) in [5.41, 5.74) is 6.07. The zero-order valence-electron chi connectivity index (χ0n) is 10.4. The van der Waals surface area contributed by atoms with Gasteiger partial charge in [-0.2, -0.15) is 0 Å². The molecule has 90 valence electrons. The average Bonchev–Trinajstić information content (AvgIpc) is 2.28. The van der Waals surface area contributed by atoms with Crippen LogP contribution in [0.1, 0.15) is 33.1 Å². The Morgan fingerprint density at radius 1 is 1.40 bits per heavy atom. The molecule has 0 aromatic carbocycles. The molecule has 15 heavy (non-hydrogen) atoms. The van der Waals surface area contributed by atoms with E-state index in [0.717, 1.165) is 18.9 Å². The van der Waals surface area contributed by atoms with Crippen molar-refractivity contribution in [1.29, 1.82) is 0 Å². The number of hydrogen-bond acceptors (Lipinski definition) is 3. The first-order valence-electron chi connectivity index (χ1n) is 6.17. The van der Waals surface area contributed by atoms with Crippen molar-refractivity contribution in [3.05, 3.63) is 0 Å². The Hall–Kier alpha value is -0.120. The topological polar surface area (TPSA) is 38.5 Å². The molecule has 1 fully saturated rings. The highest BCUT2D eigenvalue weighted by Gasteiger charge is 2.24. The molecule has 3 heteroatoms. The maximum atomic E-state index is 6.07. The van der Waals surface area contributed by atoms with Gasteiger partial charge in [-0.1, -0.05) is 6.92 Å². The predicted molar refractivity (Wildman–Crippen MR) is 63.9 cm³/mol. The SMILES string of the molecule is CCC(N)C(C)N1CCC(COC)CC1. The number of methoxy groups -OCH3 is 1. The molecule has 1 aliphatic heterocycles. The molecule has 3 nitrogen and oxygen atoms in total. The van der Waals surface area contributed by atoms with E-state index >= 15 is 0 Å². The van der Waals surface area contributed by atoms with Crippen molar-refractivity contribution in [3.63, 3.8) is 0 Å². The van der Waals surface area contributed by atoms with Crippen molar-refractivity contribution < 1.29 is 4.74 Å². The molecule has 1 aliphatic rings. The minimum Gasteiger partial charge on any atom is -0.384 e. The van der Waals surface area contributed by atoms with Crippen LogP contribution in [-0.4, -0.2) is 43.8 Å². The molecule has 1 heterocycles. The van der Waals surface area contributed by atoms with Gasteiger partial charge in [-0.15, -0.1) is 0 Å². The quantitative estimate of drug-likeness (QED) is 0.753. The Morgan fingerprint density at radius 2 is 2.00 bits per heavy atom. The van der Waals surface area contributed by atoms with E-state index in [1.54, 1.807) is 7.11 Å². The van der Waals surface area contributed by atoms with Crippen LogP contribution >= 0.6 is 0 Å². The molecule has 0 aromatic rings. The summed E-state index contributed by atoms with van der Waals surface area (Å²) in [7, 11) is 1.79. The van der Waals surface area contributed by atoms with Crippen LogP contribution in [0.4, 0.5) is 0 Å². The molecule has 2 N–H and O–H groups in total. The minimum atomic E-state index is 0.323. The van der Waals surface area contributed by atoms with Crippen LogP contribution in [0.5, 0.6) is 0 Å². The van der Waals surface area contributed by atoms with Gasteiger partial charge < -0.3 is 10.5 Å². The van der Waals surface area contributed by atoms with Crippen molar-refractivity contribution >= 4 is 0 Å². The van der Waals surface area contributed by atoms with Gasteiger partial charge in [-0.3, -0.25) is 4.90 Å². The number of likely N-dealkylation sites (tertiary alicyclic amines) is 1. The van der Waals surface area contributed by atoms with Crippen LogP contribution in [0, 0.1) is 5.92 Å². The van der Waals surface area contributed by atoms with Crippen LogP contribution in [0.15, 0.2) is 0 Å². The van der Waals surface area contributed by atoms with Crippen LogP contribution in [0.3, 0.4) is 0 Å². The van der Waals surface area contributed by atoms with E-state index in [-0.39, 0.29) is 0 Å². The van der Waals surface area contributed by atoms with Gasteiger partial charge in [-0.25, -0.2) is 0 Å². The lowest BCUT2D eigenvalue weighted by atomic mass is 9.95. The van der Waals surface area contributed by atoms with Gasteiger partial charge in [0.05, 0.1) is 0 Å². The van der Waals surface area contributed by atoms with Crippen LogP contribution in [-0.2, 0) is 4.74 Å². The van der Waals surface area contributed by atoms with E-state index in [9.17, 15) is 0 Å². The predicted octanol–water partition coefficient (Wildman–Crippen LogP) is 1.47. The molecular formula is C12H26N2O. The highest BCUT2D eigenvalue weighted by Crippen LogP contribution is 2.20. The Bertz CT molecular complexity index is 167. The van der Waals surface area contributed by atoms with Crippen molar-refractivity contribution in [2.75, 3.05) is 26.8 Å². The first-order valence-corrected chi connectivity index (χ1v) is 6.17. The zero-order chi connectivity index (χ0) is 11.3. The van der Waals surface area contributed by atoms with Gasteiger partial charge in [0, 0.05) is 25.8 Å². The van der Waals surface area contributed by atoms with Crippen LogP contribution in [0.2, 0.25) is 0 Å². The summed E-state index contributed by atoms with van der Waals surface area (Å²) in [6, 6.07) is 0.850. The lowest BCUT2D eigenvalue weighted by molar-refractivity contribution is 0.0767. The highest BCUT2D eigenvalue weighted by atomic mass is 16.5. The summed E-state index contributed by atoms with van der Waals surface area (Å²) >= 11 is 0. The van der Waals surface area contributed by atoms with E-state index in [1.807, 2.05) is 0 Å². The fourth-order valence-corrected chi connectivity index (χ4v) is 2.37. The molecule has 2 atom stereocenters. The van der Waals surface area contributed by atoms with Crippen LogP contribution in [0.25, 0.3) is 0 Å². The average molecular weight is 214 g/mol. The third-order valence-corrected chi connectivity index (χ3v) is 3.72. The molecule has 0 amide bonds. The first-order chi connectivity index (χ1) is 7.19. The van der Waals surface area contributed by atoms with Gasteiger partial charge in [0.2, 0.25) is 0 Å². The lowest BCUT2D eigenvalue weighted by Gasteiger charge is -2.38. The summed E-state index contributed by atoms with van der Waals surface area (Å²) in [6.45, 7) is 7.71. The molecule has 1 saturated heterocycles. The highest BCUT2D eigenvalue weighted by molar-refractivity contribution is 4.81. The molecule has 2 unspecified atom stereocenters. The molecule has 0 radical (unpaired) electrons. The second kappa shape index (κ2) is 6.46. The van der Waals surface area contributed by atoms with E-state index in [4.69, 9.17) is 10.5 Å². The fraction of sp³-hybridized carbons (Fsp3) is 1.00. The number of hydrogen-bond donors (Lipinski definition) is 1. The van der Waals surface area contributed by atoms with E-state index in [2.05, 4.69) is 18.7 Å². The molecule has 0 bridgehead atoms. The van der Waals surface area contributed by atoms with Crippen molar-refractivity contribution in [2.45, 2.75) is 45.2 Å². The maximum Gasteiger partial charge on any atom is 0.0491 e. The van der Waals surface area contributed by atoms with Gasteiger partial charge in [0.1, 0.15) is 0 Å². The second-order valence-corrected chi connectivity index (χ2v) is 4.75. The number of nitrogens with zero attached hydrogens (tertiary/aromatic N) is 1. The minimum absolute atomic E-state index is 0.323. The monoisotopic (exact) mass is 214 g/mol. The number of ether oxygens (including phenoxy) is 1. The summed E-state index contributed by atoms with van der Waals surface area (Å²) in [5, 5.41) is 0. The first kappa shape index (κ1) is 12.9. The van der Waals surface area contributed by atoms with Gasteiger partial charge in [0.25, 0.3) is 0 Å². The molecule has 0 aromatic heterocycles. The van der Waals surface area contributed by atoms with E-state index in [1.165, 1.54) is 25.9 Å². The van der Waals surface area contributed by atoms with E-state index in [0.29, 0.717) is 12.1 Å². The van der Waals surface area contributed by atoms with Gasteiger partial charge in [0.15, 0.2) is 0 Å². The van der Waals surface area contributed by atoms with Gasteiger partial charge >= 0.3 is 0 Å². The third-order valence-electron chi connectivity index (χ3n) is 3.72. The molecule has 0 saturated carbocycles. The third kappa shape index (κ3) is 3.74. The Balaban J connectivity index is 2.30. The number of piperidine rings is 1. The lowest BCUT2D eigenvalue weighted by Crippen LogP contribution is -2.49. The summed E-state index contributed by atoms with van der Waals surface area (Å²) in [5.74, 6) is 0.760.